The fourth-order valence-corrected chi connectivity index (χ4v) is 3.48. The van der Waals surface area contributed by atoms with Crippen molar-refractivity contribution in [3.63, 3.8) is 0 Å². The van der Waals surface area contributed by atoms with Crippen molar-refractivity contribution in [1.29, 1.82) is 0 Å². The van der Waals surface area contributed by atoms with Crippen LogP contribution in [0.3, 0.4) is 0 Å². The smallest absolute Gasteiger partial charge is 0.106 e. The molecule has 0 spiro atoms. The SMILES string of the molecule is CCC1CCC(N(C)c2cc(Cl)ccc2C(N)=S)CC1. The molecule has 20 heavy (non-hydrogen) atoms. The number of rotatable bonds is 4. The van der Waals surface area contributed by atoms with E-state index in [4.69, 9.17) is 29.6 Å². The standard InChI is InChI=1S/C16H23ClN2S/c1-3-11-4-7-13(8-5-11)19(2)15-10-12(17)6-9-14(15)16(18)20/h6,9-11,13H,3-5,7-8H2,1-2H3,(H2,18,20). The lowest BCUT2D eigenvalue weighted by molar-refractivity contribution is 0.313. The number of halogens is 1. The normalized spacial score (nSPS) is 22.6. The van der Waals surface area contributed by atoms with Crippen LogP contribution in [0.15, 0.2) is 18.2 Å². The van der Waals surface area contributed by atoms with Gasteiger partial charge >= 0.3 is 0 Å². The molecule has 1 aromatic carbocycles. The van der Waals surface area contributed by atoms with Crippen molar-refractivity contribution >= 4 is 34.5 Å². The summed E-state index contributed by atoms with van der Waals surface area (Å²) in [4.78, 5) is 2.75. The molecule has 2 nitrogen and oxygen atoms in total. The lowest BCUT2D eigenvalue weighted by Gasteiger charge is -2.36. The van der Waals surface area contributed by atoms with Crippen LogP contribution >= 0.6 is 23.8 Å². The molecule has 110 valence electrons. The molecule has 0 aliphatic heterocycles. The Hall–Kier alpha value is -0.800. The van der Waals surface area contributed by atoms with Gasteiger partial charge in [-0.1, -0.05) is 37.2 Å². The van der Waals surface area contributed by atoms with E-state index in [1.54, 1.807) is 0 Å². The average molecular weight is 311 g/mol. The largest absolute Gasteiger partial charge is 0.389 e. The molecule has 1 fully saturated rings. The predicted octanol–water partition coefficient (Wildman–Crippen LogP) is 4.38. The third-order valence-corrected chi connectivity index (χ3v) is 5.00. The van der Waals surface area contributed by atoms with Crippen LogP contribution in [0, 0.1) is 5.92 Å². The maximum Gasteiger partial charge on any atom is 0.106 e. The van der Waals surface area contributed by atoms with E-state index in [2.05, 4.69) is 18.9 Å². The minimum atomic E-state index is 0.436. The van der Waals surface area contributed by atoms with Gasteiger partial charge in [0.2, 0.25) is 0 Å². The molecule has 0 saturated heterocycles. The van der Waals surface area contributed by atoms with E-state index in [-0.39, 0.29) is 0 Å². The Balaban J connectivity index is 2.18. The van der Waals surface area contributed by atoms with Crippen molar-refractivity contribution in [3.8, 4) is 0 Å². The first-order valence-electron chi connectivity index (χ1n) is 7.35. The minimum absolute atomic E-state index is 0.436. The van der Waals surface area contributed by atoms with Crippen LogP contribution in [0.25, 0.3) is 0 Å². The van der Waals surface area contributed by atoms with Gasteiger partial charge < -0.3 is 10.6 Å². The molecule has 0 radical (unpaired) electrons. The van der Waals surface area contributed by atoms with Crippen LogP contribution in [0.4, 0.5) is 5.69 Å². The minimum Gasteiger partial charge on any atom is -0.389 e. The van der Waals surface area contributed by atoms with E-state index >= 15 is 0 Å². The number of hydrogen-bond acceptors (Lipinski definition) is 2. The molecule has 2 N–H and O–H groups in total. The maximum absolute atomic E-state index is 6.14. The Morgan fingerprint density at radius 1 is 1.35 bits per heavy atom. The van der Waals surface area contributed by atoms with Gasteiger partial charge in [-0.2, -0.15) is 0 Å². The van der Waals surface area contributed by atoms with Crippen molar-refractivity contribution in [3.05, 3.63) is 28.8 Å². The van der Waals surface area contributed by atoms with Gasteiger partial charge in [0, 0.05) is 29.4 Å². The lowest BCUT2D eigenvalue weighted by Crippen LogP contribution is -2.36. The maximum atomic E-state index is 6.14. The first-order valence-corrected chi connectivity index (χ1v) is 8.13. The summed E-state index contributed by atoms with van der Waals surface area (Å²) in [5.74, 6) is 0.897. The van der Waals surface area contributed by atoms with Crippen LogP contribution in [-0.4, -0.2) is 18.1 Å². The molecule has 0 bridgehead atoms. The van der Waals surface area contributed by atoms with Gasteiger partial charge in [-0.3, -0.25) is 0 Å². The van der Waals surface area contributed by atoms with E-state index in [1.807, 2.05) is 18.2 Å². The Morgan fingerprint density at radius 2 is 2.00 bits per heavy atom. The molecule has 4 heteroatoms. The number of nitrogens with zero attached hydrogens (tertiary/aromatic N) is 1. The molecular weight excluding hydrogens is 288 g/mol. The fourth-order valence-electron chi connectivity index (χ4n) is 3.14. The van der Waals surface area contributed by atoms with Crippen LogP contribution in [0.2, 0.25) is 5.02 Å². The fraction of sp³-hybridized carbons (Fsp3) is 0.562. The lowest BCUT2D eigenvalue weighted by atomic mass is 9.84. The zero-order chi connectivity index (χ0) is 14.7. The molecule has 0 aromatic heterocycles. The van der Waals surface area contributed by atoms with Gasteiger partial charge in [0.25, 0.3) is 0 Å². The van der Waals surface area contributed by atoms with Crippen molar-refractivity contribution in [2.45, 2.75) is 45.1 Å². The molecule has 0 unspecified atom stereocenters. The quantitative estimate of drug-likeness (QED) is 0.837. The number of hydrogen-bond donors (Lipinski definition) is 1. The molecule has 0 heterocycles. The van der Waals surface area contributed by atoms with Crippen molar-refractivity contribution < 1.29 is 0 Å². The van der Waals surface area contributed by atoms with Gasteiger partial charge in [0.1, 0.15) is 4.99 Å². The molecule has 0 atom stereocenters. The summed E-state index contributed by atoms with van der Waals surface area (Å²) in [7, 11) is 2.13. The highest BCUT2D eigenvalue weighted by molar-refractivity contribution is 7.80. The van der Waals surface area contributed by atoms with E-state index in [0.717, 1.165) is 22.2 Å². The summed E-state index contributed by atoms with van der Waals surface area (Å²) >= 11 is 11.3. The van der Waals surface area contributed by atoms with Gasteiger partial charge in [0.15, 0.2) is 0 Å². The second kappa shape index (κ2) is 6.77. The molecule has 0 amide bonds. The first-order chi connectivity index (χ1) is 9.52. The van der Waals surface area contributed by atoms with E-state index in [0.29, 0.717) is 11.0 Å². The van der Waals surface area contributed by atoms with Gasteiger partial charge in [-0.15, -0.1) is 0 Å². The number of nitrogens with two attached hydrogens (primary N) is 1. The zero-order valence-corrected chi connectivity index (χ0v) is 13.8. The number of anilines is 1. The molecule has 1 aliphatic rings. The van der Waals surface area contributed by atoms with Crippen LogP contribution in [-0.2, 0) is 0 Å². The van der Waals surface area contributed by atoms with Gasteiger partial charge in [-0.25, -0.2) is 0 Å². The second-order valence-corrected chi connectivity index (χ2v) is 6.60. The summed E-state index contributed by atoms with van der Waals surface area (Å²) in [6, 6.07) is 6.31. The molecule has 2 rings (SSSR count). The van der Waals surface area contributed by atoms with Crippen molar-refractivity contribution in [2.75, 3.05) is 11.9 Å². The average Bonchev–Trinajstić information content (AvgIpc) is 2.46. The summed E-state index contributed by atoms with van der Waals surface area (Å²) in [6.45, 7) is 2.29. The highest BCUT2D eigenvalue weighted by Gasteiger charge is 2.24. The molecule has 1 aromatic rings. The van der Waals surface area contributed by atoms with E-state index < -0.39 is 0 Å². The predicted molar refractivity (Wildman–Crippen MR) is 91.8 cm³/mol. The molecular formula is C16H23ClN2S. The summed E-state index contributed by atoms with van der Waals surface area (Å²) in [6.07, 6.45) is 6.39. The Kier molecular flexibility index (Phi) is 5.28. The molecule has 1 saturated carbocycles. The third-order valence-electron chi connectivity index (χ3n) is 4.55. The van der Waals surface area contributed by atoms with Gasteiger partial charge in [-0.05, 0) is 49.8 Å². The van der Waals surface area contributed by atoms with Gasteiger partial charge in [0.05, 0.1) is 0 Å². The second-order valence-electron chi connectivity index (χ2n) is 5.72. The summed E-state index contributed by atoms with van der Waals surface area (Å²) < 4.78 is 0. The van der Waals surface area contributed by atoms with Crippen LogP contribution < -0.4 is 10.6 Å². The monoisotopic (exact) mass is 310 g/mol. The van der Waals surface area contributed by atoms with E-state index in [9.17, 15) is 0 Å². The third kappa shape index (κ3) is 3.44. The summed E-state index contributed by atoms with van der Waals surface area (Å²) in [5, 5.41) is 0.731. The van der Waals surface area contributed by atoms with Crippen molar-refractivity contribution in [1.82, 2.24) is 0 Å². The summed E-state index contributed by atoms with van der Waals surface area (Å²) in [5.41, 5.74) is 7.82. The highest BCUT2D eigenvalue weighted by atomic mass is 35.5. The van der Waals surface area contributed by atoms with E-state index in [1.165, 1.54) is 32.1 Å². The Morgan fingerprint density at radius 3 is 2.55 bits per heavy atom. The topological polar surface area (TPSA) is 29.3 Å². The molecule has 1 aliphatic carbocycles. The van der Waals surface area contributed by atoms with Crippen LogP contribution in [0.1, 0.15) is 44.6 Å². The Bertz CT molecular complexity index is 481. The highest BCUT2D eigenvalue weighted by Crippen LogP contribution is 2.33. The first kappa shape index (κ1) is 15.6. The Labute approximate surface area is 132 Å². The number of thiocarbonyl (C=S) groups is 1. The number of benzene rings is 1. The zero-order valence-electron chi connectivity index (χ0n) is 12.2. The van der Waals surface area contributed by atoms with Crippen LogP contribution in [0.5, 0.6) is 0 Å². The van der Waals surface area contributed by atoms with Crippen molar-refractivity contribution in [2.24, 2.45) is 11.7 Å².